The molecule has 3 heterocycles. The molecule has 0 saturated carbocycles. The molecule has 7 nitrogen and oxygen atoms in total. The van der Waals surface area contributed by atoms with E-state index in [1.807, 2.05) is 6.07 Å². The van der Waals surface area contributed by atoms with E-state index in [1.54, 1.807) is 14.8 Å². The molecule has 1 N–H and O–H groups in total. The van der Waals surface area contributed by atoms with Gasteiger partial charge in [-0.1, -0.05) is 0 Å². The van der Waals surface area contributed by atoms with Crippen molar-refractivity contribution in [3.05, 3.63) is 18.0 Å². The number of hydrogen-bond acceptors (Lipinski definition) is 4. The van der Waals surface area contributed by atoms with E-state index in [-0.39, 0.29) is 0 Å². The summed E-state index contributed by atoms with van der Waals surface area (Å²) in [6, 6.07) is 1.95. The lowest BCUT2D eigenvalue weighted by Crippen LogP contribution is -2.51. The molecule has 0 spiro atoms. The van der Waals surface area contributed by atoms with Crippen molar-refractivity contribution in [2.45, 2.75) is 19.3 Å². The maximum absolute atomic E-state index is 12.7. The second kappa shape index (κ2) is 6.43. The lowest BCUT2D eigenvalue weighted by molar-refractivity contribution is 0.0691. The molecule has 1 aromatic rings. The number of aromatic amines is 1. The van der Waals surface area contributed by atoms with Crippen LogP contribution in [-0.2, 0) is 21.4 Å². The van der Waals surface area contributed by atoms with Crippen molar-refractivity contribution in [1.29, 1.82) is 0 Å². The zero-order chi connectivity index (χ0) is 14.7. The zero-order valence-electron chi connectivity index (χ0n) is 12.1. The molecule has 0 bridgehead atoms. The van der Waals surface area contributed by atoms with Crippen molar-refractivity contribution < 1.29 is 13.2 Å². The summed E-state index contributed by atoms with van der Waals surface area (Å²) in [5.74, 6) is 0.356. The summed E-state index contributed by atoms with van der Waals surface area (Å²) in [6.45, 7) is 3.13. The normalized spacial score (nSPS) is 26.0. The average Bonchev–Trinajstić information content (AvgIpc) is 3.01. The van der Waals surface area contributed by atoms with Gasteiger partial charge in [0.2, 0.25) is 0 Å². The third-order valence-corrected chi connectivity index (χ3v) is 6.17. The first-order valence-corrected chi connectivity index (χ1v) is 8.87. The van der Waals surface area contributed by atoms with E-state index in [1.165, 1.54) is 0 Å². The molecule has 2 saturated heterocycles. The first kappa shape index (κ1) is 15.0. The second-order valence-electron chi connectivity index (χ2n) is 5.67. The number of rotatable bonds is 4. The van der Waals surface area contributed by atoms with Gasteiger partial charge < -0.3 is 4.74 Å². The van der Waals surface area contributed by atoms with E-state index in [0.717, 1.165) is 25.0 Å². The molecule has 0 aromatic carbocycles. The van der Waals surface area contributed by atoms with Gasteiger partial charge in [0.05, 0.1) is 13.2 Å². The molecule has 0 aliphatic carbocycles. The van der Waals surface area contributed by atoms with Gasteiger partial charge in [-0.15, -0.1) is 0 Å². The van der Waals surface area contributed by atoms with Crippen molar-refractivity contribution in [2.75, 3.05) is 39.4 Å². The van der Waals surface area contributed by atoms with Crippen molar-refractivity contribution in [3.63, 3.8) is 0 Å². The number of ether oxygens (including phenoxy) is 1. The van der Waals surface area contributed by atoms with Gasteiger partial charge in [-0.05, 0) is 31.2 Å². The third-order valence-electron chi connectivity index (χ3n) is 4.17. The molecular formula is C13H22N4O3S. The van der Waals surface area contributed by atoms with Crippen LogP contribution in [0.4, 0.5) is 0 Å². The van der Waals surface area contributed by atoms with Crippen molar-refractivity contribution >= 4 is 10.2 Å². The molecule has 1 unspecified atom stereocenters. The Morgan fingerprint density at radius 2 is 2.10 bits per heavy atom. The standard InChI is InChI=1S/C13H22N4O3S/c18-21(19,16-6-8-20-9-7-16)17-5-1-2-12(11-17)10-13-3-4-14-15-13/h3-4,12H,1-2,5-11H2,(H,14,15). The Morgan fingerprint density at radius 3 is 2.81 bits per heavy atom. The molecule has 3 rings (SSSR count). The highest BCUT2D eigenvalue weighted by Gasteiger charge is 2.34. The summed E-state index contributed by atoms with van der Waals surface area (Å²) in [7, 11) is -3.34. The molecule has 8 heteroatoms. The minimum Gasteiger partial charge on any atom is -0.379 e. The van der Waals surface area contributed by atoms with Gasteiger partial charge in [0.1, 0.15) is 0 Å². The van der Waals surface area contributed by atoms with Crippen LogP contribution in [-0.4, -0.2) is 66.6 Å². The topological polar surface area (TPSA) is 78.5 Å². The fourth-order valence-corrected chi connectivity index (χ4v) is 4.75. The minimum atomic E-state index is -3.34. The number of nitrogens with zero attached hydrogens (tertiary/aromatic N) is 3. The first-order chi connectivity index (χ1) is 10.2. The van der Waals surface area contributed by atoms with E-state index in [0.29, 0.717) is 45.3 Å². The fraction of sp³-hybridized carbons (Fsp3) is 0.769. The highest BCUT2D eigenvalue weighted by atomic mass is 32.2. The Morgan fingerprint density at radius 1 is 1.29 bits per heavy atom. The molecule has 1 atom stereocenters. The molecule has 2 fully saturated rings. The van der Waals surface area contributed by atoms with Gasteiger partial charge in [-0.3, -0.25) is 5.10 Å². The summed E-state index contributed by atoms with van der Waals surface area (Å²) >= 11 is 0. The molecule has 2 aliphatic heterocycles. The van der Waals surface area contributed by atoms with E-state index >= 15 is 0 Å². The monoisotopic (exact) mass is 314 g/mol. The quantitative estimate of drug-likeness (QED) is 0.863. The van der Waals surface area contributed by atoms with Crippen LogP contribution in [0.25, 0.3) is 0 Å². The van der Waals surface area contributed by atoms with Crippen LogP contribution >= 0.6 is 0 Å². The van der Waals surface area contributed by atoms with Gasteiger partial charge in [-0.2, -0.15) is 22.1 Å². The summed E-state index contributed by atoms with van der Waals surface area (Å²) in [6.07, 6.45) is 4.58. The SMILES string of the molecule is O=S(=O)(N1CCOCC1)N1CCCC(Cc2ccn[nH]2)C1. The van der Waals surface area contributed by atoms with E-state index < -0.39 is 10.2 Å². The zero-order valence-corrected chi connectivity index (χ0v) is 12.9. The average molecular weight is 314 g/mol. The maximum atomic E-state index is 12.7. The van der Waals surface area contributed by atoms with Crippen LogP contribution in [0.2, 0.25) is 0 Å². The highest BCUT2D eigenvalue weighted by molar-refractivity contribution is 7.86. The summed E-state index contributed by atoms with van der Waals surface area (Å²) in [4.78, 5) is 0. The number of aromatic nitrogens is 2. The Kier molecular flexibility index (Phi) is 4.58. The third kappa shape index (κ3) is 3.45. The Balaban J connectivity index is 1.64. The van der Waals surface area contributed by atoms with E-state index in [9.17, 15) is 8.42 Å². The van der Waals surface area contributed by atoms with E-state index in [4.69, 9.17) is 4.74 Å². The number of piperidine rings is 1. The lowest BCUT2D eigenvalue weighted by atomic mass is 9.95. The summed E-state index contributed by atoms with van der Waals surface area (Å²) < 4.78 is 33.8. The molecule has 2 aliphatic rings. The summed E-state index contributed by atoms with van der Waals surface area (Å²) in [5.41, 5.74) is 1.07. The van der Waals surface area contributed by atoms with Crippen molar-refractivity contribution in [2.24, 2.45) is 5.92 Å². The van der Waals surface area contributed by atoms with Crippen molar-refractivity contribution in [3.8, 4) is 0 Å². The van der Waals surface area contributed by atoms with Crippen LogP contribution in [0.1, 0.15) is 18.5 Å². The van der Waals surface area contributed by atoms with Crippen LogP contribution in [0.3, 0.4) is 0 Å². The number of H-pyrrole nitrogens is 1. The largest absolute Gasteiger partial charge is 0.379 e. The second-order valence-corrected chi connectivity index (χ2v) is 7.60. The highest BCUT2D eigenvalue weighted by Crippen LogP contribution is 2.24. The van der Waals surface area contributed by atoms with Gasteiger partial charge in [-0.25, -0.2) is 0 Å². The molecule has 0 radical (unpaired) electrons. The van der Waals surface area contributed by atoms with Gasteiger partial charge in [0.25, 0.3) is 10.2 Å². The Labute approximate surface area is 125 Å². The molecular weight excluding hydrogens is 292 g/mol. The predicted molar refractivity (Wildman–Crippen MR) is 77.9 cm³/mol. The number of hydrogen-bond donors (Lipinski definition) is 1. The fourth-order valence-electron chi connectivity index (χ4n) is 3.05. The van der Waals surface area contributed by atoms with Crippen LogP contribution in [0.15, 0.2) is 12.3 Å². The van der Waals surface area contributed by atoms with Gasteiger partial charge in [0.15, 0.2) is 0 Å². The predicted octanol–water partition coefficient (Wildman–Crippen LogP) is 0.241. The summed E-state index contributed by atoms with van der Waals surface area (Å²) in [5, 5.41) is 6.91. The molecule has 1 aromatic heterocycles. The Hall–Kier alpha value is -0.960. The molecule has 118 valence electrons. The lowest BCUT2D eigenvalue weighted by Gasteiger charge is -2.36. The van der Waals surface area contributed by atoms with Crippen LogP contribution in [0, 0.1) is 5.92 Å². The van der Waals surface area contributed by atoms with Crippen molar-refractivity contribution in [1.82, 2.24) is 18.8 Å². The molecule has 0 amide bonds. The maximum Gasteiger partial charge on any atom is 0.282 e. The minimum absolute atomic E-state index is 0.356. The number of nitrogens with one attached hydrogen (secondary N) is 1. The van der Waals surface area contributed by atoms with Gasteiger partial charge >= 0.3 is 0 Å². The van der Waals surface area contributed by atoms with Crippen LogP contribution in [0.5, 0.6) is 0 Å². The number of morpholine rings is 1. The smallest absolute Gasteiger partial charge is 0.282 e. The Bertz CT molecular complexity index is 540. The molecule has 21 heavy (non-hydrogen) atoms. The van der Waals surface area contributed by atoms with E-state index in [2.05, 4.69) is 10.2 Å². The first-order valence-electron chi connectivity index (χ1n) is 7.47. The van der Waals surface area contributed by atoms with Crippen LogP contribution < -0.4 is 0 Å². The van der Waals surface area contributed by atoms with Gasteiger partial charge in [0, 0.05) is 38.1 Å².